The van der Waals surface area contributed by atoms with Gasteiger partial charge in [0.05, 0.1) is 5.88 Å². The van der Waals surface area contributed by atoms with Crippen LogP contribution in [0, 0.1) is 0 Å². The first kappa shape index (κ1) is 11.5. The van der Waals surface area contributed by atoms with E-state index in [2.05, 4.69) is 6.92 Å². The van der Waals surface area contributed by atoms with Gasteiger partial charge in [0, 0.05) is 0 Å². The van der Waals surface area contributed by atoms with E-state index in [0.29, 0.717) is 6.42 Å². The van der Waals surface area contributed by atoms with Gasteiger partial charge in [0.1, 0.15) is 0 Å². The van der Waals surface area contributed by atoms with E-state index in [-0.39, 0.29) is 5.88 Å². The molecule has 0 bridgehead atoms. The van der Waals surface area contributed by atoms with Crippen molar-refractivity contribution in [3.05, 3.63) is 0 Å². The van der Waals surface area contributed by atoms with Crippen LogP contribution in [0.2, 0.25) is 0 Å². The fraction of sp³-hybridized carbons (Fsp3) is 1.00. The largest absolute Gasteiger partial charge is 0.225 e. The standard InChI is InChI=1S/C8H15Cl2F/c1-2-3-4-5-6-8(10,11)7-9/h2-7H2,1H3. The van der Waals surface area contributed by atoms with Crippen molar-refractivity contribution < 1.29 is 4.39 Å². The Morgan fingerprint density at radius 3 is 2.36 bits per heavy atom. The lowest BCUT2D eigenvalue weighted by Gasteiger charge is -2.13. The van der Waals surface area contributed by atoms with Gasteiger partial charge in [-0.3, -0.25) is 0 Å². The maximum atomic E-state index is 12.9. The highest BCUT2D eigenvalue weighted by Gasteiger charge is 2.23. The van der Waals surface area contributed by atoms with Gasteiger partial charge in [-0.05, 0) is 12.8 Å². The van der Waals surface area contributed by atoms with E-state index in [4.69, 9.17) is 23.2 Å². The van der Waals surface area contributed by atoms with Crippen LogP contribution in [0.5, 0.6) is 0 Å². The second-order valence-electron chi connectivity index (χ2n) is 2.80. The molecule has 0 amide bonds. The molecule has 0 aromatic carbocycles. The predicted octanol–water partition coefficient (Wildman–Crippen LogP) is 4.10. The number of unbranched alkanes of at least 4 members (excludes halogenated alkanes) is 3. The minimum Gasteiger partial charge on any atom is -0.225 e. The first-order valence-electron chi connectivity index (χ1n) is 4.06. The summed E-state index contributed by atoms with van der Waals surface area (Å²) in [6, 6.07) is 0. The predicted molar refractivity (Wildman–Crippen MR) is 49.2 cm³/mol. The highest BCUT2D eigenvalue weighted by Crippen LogP contribution is 2.26. The summed E-state index contributed by atoms with van der Waals surface area (Å²) in [7, 11) is 0. The SMILES string of the molecule is CCCCCCC(F)(Cl)CCl. The van der Waals surface area contributed by atoms with Gasteiger partial charge in [-0.1, -0.05) is 37.8 Å². The summed E-state index contributed by atoms with van der Waals surface area (Å²) in [6.07, 6.45) is 4.56. The Bertz CT molecular complexity index is 94.1. The number of hydrogen-bond acceptors (Lipinski definition) is 0. The van der Waals surface area contributed by atoms with E-state index >= 15 is 0 Å². The van der Waals surface area contributed by atoms with Gasteiger partial charge >= 0.3 is 0 Å². The van der Waals surface area contributed by atoms with Crippen LogP contribution in [-0.2, 0) is 0 Å². The highest BCUT2D eigenvalue weighted by molar-refractivity contribution is 6.29. The first-order chi connectivity index (χ1) is 5.12. The van der Waals surface area contributed by atoms with Crippen LogP contribution in [0.3, 0.4) is 0 Å². The highest BCUT2D eigenvalue weighted by atomic mass is 35.5. The number of rotatable bonds is 6. The second kappa shape index (κ2) is 6.07. The summed E-state index contributed by atoms with van der Waals surface area (Å²) < 4.78 is 12.9. The van der Waals surface area contributed by atoms with Crippen LogP contribution in [0.25, 0.3) is 0 Å². The molecule has 0 saturated heterocycles. The van der Waals surface area contributed by atoms with E-state index in [1.165, 1.54) is 0 Å². The van der Waals surface area contributed by atoms with Gasteiger partial charge in [0.15, 0.2) is 5.13 Å². The van der Waals surface area contributed by atoms with Crippen molar-refractivity contribution in [1.29, 1.82) is 0 Å². The molecule has 68 valence electrons. The van der Waals surface area contributed by atoms with E-state index in [0.717, 1.165) is 25.7 Å². The molecule has 0 aromatic heterocycles. The molecule has 0 nitrogen and oxygen atoms in total. The van der Waals surface area contributed by atoms with Crippen LogP contribution >= 0.6 is 23.2 Å². The molecule has 0 spiro atoms. The number of hydrogen-bond donors (Lipinski definition) is 0. The van der Waals surface area contributed by atoms with Crippen molar-refractivity contribution >= 4 is 23.2 Å². The van der Waals surface area contributed by atoms with Gasteiger partial charge in [-0.2, -0.15) is 0 Å². The Morgan fingerprint density at radius 2 is 1.91 bits per heavy atom. The van der Waals surface area contributed by atoms with Crippen LogP contribution in [0.1, 0.15) is 39.0 Å². The maximum Gasteiger partial charge on any atom is 0.197 e. The van der Waals surface area contributed by atoms with E-state index in [9.17, 15) is 4.39 Å². The molecule has 11 heavy (non-hydrogen) atoms. The van der Waals surface area contributed by atoms with Crippen molar-refractivity contribution in [3.8, 4) is 0 Å². The zero-order valence-electron chi connectivity index (χ0n) is 6.88. The van der Waals surface area contributed by atoms with Crippen molar-refractivity contribution in [2.45, 2.75) is 44.2 Å². The Morgan fingerprint density at radius 1 is 1.27 bits per heavy atom. The average molecular weight is 201 g/mol. The number of alkyl halides is 3. The summed E-state index contributed by atoms with van der Waals surface area (Å²) in [5, 5.41) is -1.67. The normalized spacial score (nSPS) is 16.4. The van der Waals surface area contributed by atoms with Gasteiger partial charge in [0.2, 0.25) is 0 Å². The molecule has 0 aliphatic heterocycles. The molecule has 0 heterocycles. The molecule has 3 heteroatoms. The Labute approximate surface area is 78.1 Å². The number of halogens is 3. The second-order valence-corrected chi connectivity index (χ2v) is 3.74. The molecule has 0 N–H and O–H groups in total. The summed E-state index contributed by atoms with van der Waals surface area (Å²) in [5.74, 6) is -0.110. The van der Waals surface area contributed by atoms with E-state index < -0.39 is 5.13 Å². The molecule has 0 saturated carbocycles. The fourth-order valence-corrected chi connectivity index (χ4v) is 1.14. The average Bonchev–Trinajstić information content (AvgIpc) is 1.99. The third kappa shape index (κ3) is 6.89. The molecule has 0 aliphatic carbocycles. The van der Waals surface area contributed by atoms with Crippen molar-refractivity contribution in [3.63, 3.8) is 0 Å². The minimum absolute atomic E-state index is 0.110. The van der Waals surface area contributed by atoms with Gasteiger partial charge in [-0.15, -0.1) is 11.6 Å². The first-order valence-corrected chi connectivity index (χ1v) is 4.97. The zero-order chi connectivity index (χ0) is 8.74. The lowest BCUT2D eigenvalue weighted by atomic mass is 10.1. The summed E-state index contributed by atoms with van der Waals surface area (Å²) >= 11 is 10.7. The van der Waals surface area contributed by atoms with Gasteiger partial charge in [0.25, 0.3) is 0 Å². The lowest BCUT2D eigenvalue weighted by molar-refractivity contribution is 0.282. The summed E-state index contributed by atoms with van der Waals surface area (Å²) in [6.45, 7) is 2.12. The summed E-state index contributed by atoms with van der Waals surface area (Å²) in [4.78, 5) is 0. The molecular weight excluding hydrogens is 186 g/mol. The van der Waals surface area contributed by atoms with Crippen LogP contribution < -0.4 is 0 Å². The Kier molecular flexibility index (Phi) is 6.36. The quantitative estimate of drug-likeness (QED) is 0.448. The molecular formula is C8H15Cl2F. The Hall–Kier alpha value is 0.510. The third-order valence-corrected chi connectivity index (χ3v) is 2.47. The molecule has 0 aliphatic rings. The molecule has 1 unspecified atom stereocenters. The lowest BCUT2D eigenvalue weighted by Crippen LogP contribution is -2.15. The monoisotopic (exact) mass is 200 g/mol. The molecule has 0 aromatic rings. The smallest absolute Gasteiger partial charge is 0.197 e. The fourth-order valence-electron chi connectivity index (χ4n) is 0.877. The molecule has 0 radical (unpaired) electrons. The Balaban J connectivity index is 3.23. The minimum atomic E-state index is -1.67. The van der Waals surface area contributed by atoms with E-state index in [1.54, 1.807) is 0 Å². The van der Waals surface area contributed by atoms with Crippen LogP contribution in [-0.4, -0.2) is 11.0 Å². The van der Waals surface area contributed by atoms with E-state index in [1.807, 2.05) is 0 Å². The maximum absolute atomic E-state index is 12.9. The zero-order valence-corrected chi connectivity index (χ0v) is 8.39. The van der Waals surface area contributed by atoms with Crippen molar-refractivity contribution in [1.82, 2.24) is 0 Å². The van der Waals surface area contributed by atoms with Gasteiger partial charge in [-0.25, -0.2) is 4.39 Å². The topological polar surface area (TPSA) is 0 Å². The van der Waals surface area contributed by atoms with Crippen LogP contribution in [0.4, 0.5) is 4.39 Å². The van der Waals surface area contributed by atoms with Gasteiger partial charge < -0.3 is 0 Å². The molecule has 1 atom stereocenters. The van der Waals surface area contributed by atoms with Crippen LogP contribution in [0.15, 0.2) is 0 Å². The molecule has 0 rings (SSSR count). The van der Waals surface area contributed by atoms with Crippen molar-refractivity contribution in [2.24, 2.45) is 0 Å². The third-order valence-electron chi connectivity index (χ3n) is 1.59. The van der Waals surface area contributed by atoms with Crippen molar-refractivity contribution in [2.75, 3.05) is 5.88 Å². The molecule has 0 fully saturated rings. The summed E-state index contributed by atoms with van der Waals surface area (Å²) in [5.41, 5.74) is 0.